The maximum Gasteiger partial charge on any atom is 0.490 e. The predicted molar refractivity (Wildman–Crippen MR) is 122 cm³/mol. The van der Waals surface area contributed by atoms with Crippen molar-refractivity contribution >= 4 is 29.2 Å². The standard InChI is InChI=1S/C17H23N5OS.2C2HF3O2/c1-14-20-15(10-24-14)9-21-7-8-23-13-17(11-21)3-6-22(12-17)16-18-4-2-5-19-16;2*3-2(4,5)1(6)7/h2,4-5,10H,3,6-9,11-13H2,1H3;2*(H,6,7). The lowest BCUT2D eigenvalue weighted by Crippen LogP contribution is -2.40. The summed E-state index contributed by atoms with van der Waals surface area (Å²) in [5.74, 6) is -4.68. The van der Waals surface area contributed by atoms with Crippen molar-refractivity contribution in [3.05, 3.63) is 34.5 Å². The van der Waals surface area contributed by atoms with Gasteiger partial charge >= 0.3 is 24.3 Å². The van der Waals surface area contributed by atoms with Crippen molar-refractivity contribution in [2.75, 3.05) is 44.3 Å². The molecule has 0 aliphatic carbocycles. The quantitative estimate of drug-likeness (QED) is 0.528. The van der Waals surface area contributed by atoms with Crippen LogP contribution in [0.2, 0.25) is 0 Å². The van der Waals surface area contributed by atoms with Gasteiger partial charge in [-0.1, -0.05) is 0 Å². The summed E-state index contributed by atoms with van der Waals surface area (Å²) in [5, 5.41) is 17.6. The summed E-state index contributed by atoms with van der Waals surface area (Å²) in [7, 11) is 0. The number of nitrogens with zero attached hydrogens (tertiary/aromatic N) is 5. The van der Waals surface area contributed by atoms with Crippen LogP contribution in [0.1, 0.15) is 17.1 Å². The Labute approximate surface area is 216 Å². The molecule has 2 fully saturated rings. The van der Waals surface area contributed by atoms with Gasteiger partial charge in [0.1, 0.15) is 0 Å². The number of ether oxygens (including phenoxy) is 1. The molecule has 4 heterocycles. The molecule has 212 valence electrons. The summed E-state index contributed by atoms with van der Waals surface area (Å²) in [6.07, 6.45) is -5.42. The van der Waals surface area contributed by atoms with E-state index >= 15 is 0 Å². The van der Waals surface area contributed by atoms with Crippen molar-refractivity contribution in [3.63, 3.8) is 0 Å². The minimum Gasteiger partial charge on any atom is -0.475 e. The van der Waals surface area contributed by atoms with E-state index in [1.54, 1.807) is 11.3 Å². The first kappa shape index (κ1) is 31.2. The Kier molecular flexibility index (Phi) is 10.8. The van der Waals surface area contributed by atoms with Crippen LogP contribution in [-0.4, -0.2) is 93.7 Å². The van der Waals surface area contributed by atoms with Gasteiger partial charge in [-0.15, -0.1) is 11.3 Å². The molecule has 2 aliphatic heterocycles. The SMILES string of the molecule is Cc1nc(CN2CCOCC3(CCN(c4ncccn4)C3)C2)cs1.O=C(O)C(F)(F)F.O=C(O)C(F)(F)F. The maximum atomic E-state index is 10.6. The Hall–Kier alpha value is -3.05. The van der Waals surface area contributed by atoms with Gasteiger partial charge in [0.05, 0.1) is 23.9 Å². The molecule has 10 nitrogen and oxygen atoms in total. The van der Waals surface area contributed by atoms with E-state index in [0.717, 1.165) is 63.3 Å². The summed E-state index contributed by atoms with van der Waals surface area (Å²) in [5.41, 5.74) is 1.34. The number of hydrogen-bond acceptors (Lipinski definition) is 9. The van der Waals surface area contributed by atoms with Crippen molar-refractivity contribution in [3.8, 4) is 0 Å². The molecule has 4 rings (SSSR count). The van der Waals surface area contributed by atoms with Gasteiger partial charge in [0.15, 0.2) is 0 Å². The fourth-order valence-corrected chi connectivity index (χ4v) is 4.34. The summed E-state index contributed by atoms with van der Waals surface area (Å²) in [6, 6.07) is 1.86. The average Bonchev–Trinajstić information content (AvgIpc) is 3.37. The topological polar surface area (TPSA) is 129 Å². The largest absolute Gasteiger partial charge is 0.490 e. The van der Waals surface area contributed by atoms with Gasteiger partial charge in [0.25, 0.3) is 0 Å². The van der Waals surface area contributed by atoms with Crippen molar-refractivity contribution in [1.82, 2.24) is 19.9 Å². The van der Waals surface area contributed by atoms with Crippen molar-refractivity contribution in [2.45, 2.75) is 32.2 Å². The Morgan fingerprint density at radius 2 is 1.63 bits per heavy atom. The van der Waals surface area contributed by atoms with Crippen LogP contribution in [0.4, 0.5) is 32.3 Å². The second kappa shape index (κ2) is 13.1. The minimum atomic E-state index is -5.08. The number of alkyl halides is 6. The van der Waals surface area contributed by atoms with E-state index in [0.29, 0.717) is 0 Å². The number of aromatic nitrogens is 3. The normalized spacial score (nSPS) is 20.1. The number of halogens is 6. The number of anilines is 1. The summed E-state index contributed by atoms with van der Waals surface area (Å²) < 4.78 is 69.4. The first-order chi connectivity index (χ1) is 17.6. The third kappa shape index (κ3) is 10.0. The number of rotatable bonds is 3. The molecule has 2 aromatic rings. The third-order valence-electron chi connectivity index (χ3n) is 5.33. The predicted octanol–water partition coefficient (Wildman–Crippen LogP) is 3.24. The molecular formula is C21H25F6N5O5S. The number of thiazole rings is 1. The number of carboxylic acid groups (broad SMARTS) is 2. The molecule has 2 N–H and O–H groups in total. The lowest BCUT2D eigenvalue weighted by Gasteiger charge is -2.31. The van der Waals surface area contributed by atoms with E-state index in [4.69, 9.17) is 24.5 Å². The highest BCUT2D eigenvalue weighted by Crippen LogP contribution is 2.35. The molecule has 0 radical (unpaired) electrons. The minimum absolute atomic E-state index is 0.167. The van der Waals surface area contributed by atoms with Gasteiger partial charge in [0, 0.05) is 55.9 Å². The van der Waals surface area contributed by atoms with Crippen molar-refractivity contribution in [1.29, 1.82) is 0 Å². The van der Waals surface area contributed by atoms with Crippen LogP contribution in [-0.2, 0) is 20.9 Å². The number of carbonyl (C=O) groups is 2. The van der Waals surface area contributed by atoms with Crippen LogP contribution in [0.25, 0.3) is 0 Å². The molecular weight excluding hydrogens is 548 g/mol. The molecule has 2 aromatic heterocycles. The van der Waals surface area contributed by atoms with E-state index in [-0.39, 0.29) is 5.41 Å². The number of hydrogen-bond donors (Lipinski definition) is 2. The Morgan fingerprint density at radius 3 is 2.13 bits per heavy atom. The lowest BCUT2D eigenvalue weighted by atomic mass is 9.87. The monoisotopic (exact) mass is 573 g/mol. The Bertz CT molecular complexity index is 1030. The first-order valence-electron chi connectivity index (χ1n) is 10.9. The van der Waals surface area contributed by atoms with E-state index in [9.17, 15) is 26.3 Å². The molecule has 0 saturated carbocycles. The molecule has 1 unspecified atom stereocenters. The molecule has 1 atom stereocenters. The summed E-state index contributed by atoms with van der Waals surface area (Å²) in [4.78, 5) is 36.0. The fraction of sp³-hybridized carbons (Fsp3) is 0.571. The van der Waals surface area contributed by atoms with Crippen LogP contribution in [0.15, 0.2) is 23.8 Å². The zero-order valence-electron chi connectivity index (χ0n) is 20.0. The van der Waals surface area contributed by atoms with Gasteiger partial charge in [-0.3, -0.25) is 4.90 Å². The number of carboxylic acids is 2. The molecule has 1 spiro atoms. The second-order valence-electron chi connectivity index (χ2n) is 8.45. The van der Waals surface area contributed by atoms with Crippen molar-refractivity contribution < 1.29 is 50.9 Å². The molecule has 0 amide bonds. The second-order valence-corrected chi connectivity index (χ2v) is 9.51. The lowest BCUT2D eigenvalue weighted by molar-refractivity contribution is -0.193. The molecule has 17 heteroatoms. The van der Waals surface area contributed by atoms with Crippen LogP contribution < -0.4 is 4.90 Å². The van der Waals surface area contributed by atoms with E-state index in [1.807, 2.05) is 18.5 Å². The van der Waals surface area contributed by atoms with Crippen LogP contribution >= 0.6 is 11.3 Å². The van der Waals surface area contributed by atoms with Crippen LogP contribution in [0.5, 0.6) is 0 Å². The summed E-state index contributed by atoms with van der Waals surface area (Å²) >= 11 is 1.73. The summed E-state index contributed by atoms with van der Waals surface area (Å²) in [6.45, 7) is 8.58. The zero-order valence-corrected chi connectivity index (χ0v) is 20.8. The van der Waals surface area contributed by atoms with Gasteiger partial charge in [0.2, 0.25) is 5.95 Å². The van der Waals surface area contributed by atoms with E-state index in [2.05, 4.69) is 37.1 Å². The molecule has 2 saturated heterocycles. The number of aryl methyl sites for hydroxylation is 1. The third-order valence-corrected chi connectivity index (χ3v) is 6.15. The maximum absolute atomic E-state index is 10.6. The first-order valence-corrected chi connectivity index (χ1v) is 11.8. The van der Waals surface area contributed by atoms with Gasteiger partial charge in [-0.2, -0.15) is 26.3 Å². The van der Waals surface area contributed by atoms with Crippen molar-refractivity contribution in [2.24, 2.45) is 5.41 Å². The van der Waals surface area contributed by atoms with Gasteiger partial charge in [-0.25, -0.2) is 24.5 Å². The highest BCUT2D eigenvalue weighted by molar-refractivity contribution is 7.09. The van der Waals surface area contributed by atoms with Crippen LogP contribution in [0, 0.1) is 12.3 Å². The molecule has 2 aliphatic rings. The highest BCUT2D eigenvalue weighted by atomic mass is 32.1. The van der Waals surface area contributed by atoms with E-state index < -0.39 is 24.3 Å². The fourth-order valence-electron chi connectivity index (χ4n) is 3.73. The highest BCUT2D eigenvalue weighted by Gasteiger charge is 2.42. The molecule has 0 aromatic carbocycles. The Morgan fingerprint density at radius 1 is 1.05 bits per heavy atom. The van der Waals surface area contributed by atoms with Gasteiger partial charge in [-0.05, 0) is 19.4 Å². The van der Waals surface area contributed by atoms with Gasteiger partial charge < -0.3 is 19.8 Å². The number of aliphatic carboxylic acids is 2. The van der Waals surface area contributed by atoms with E-state index in [1.165, 1.54) is 5.69 Å². The smallest absolute Gasteiger partial charge is 0.475 e. The average molecular weight is 574 g/mol. The zero-order chi connectivity index (χ0) is 28.6. The van der Waals surface area contributed by atoms with Crippen LogP contribution in [0.3, 0.4) is 0 Å². The molecule has 38 heavy (non-hydrogen) atoms. The Balaban J connectivity index is 0.000000301. The molecule has 0 bridgehead atoms.